The highest BCUT2D eigenvalue weighted by atomic mass is 19.2. The van der Waals surface area contributed by atoms with E-state index in [1.54, 1.807) is 36.4 Å². The summed E-state index contributed by atoms with van der Waals surface area (Å²) < 4.78 is 102. The van der Waals surface area contributed by atoms with Gasteiger partial charge in [0.25, 0.3) is 0 Å². The number of nitrogens with two attached hydrogens (primary N) is 1. The molecule has 0 spiro atoms. The van der Waals surface area contributed by atoms with Crippen molar-refractivity contribution in [2.24, 2.45) is 5.73 Å². The van der Waals surface area contributed by atoms with Gasteiger partial charge in [0, 0.05) is 11.6 Å². The van der Waals surface area contributed by atoms with E-state index in [9.17, 15) is 36.4 Å². The molecule has 0 saturated carbocycles. The Morgan fingerprint density at radius 3 is 2.07 bits per heavy atom. The zero-order chi connectivity index (χ0) is 31.5. The van der Waals surface area contributed by atoms with Gasteiger partial charge in [-0.1, -0.05) is 30.3 Å². The monoisotopic (exact) mass is 612 g/mol. The number of hydrogen-bond acceptors (Lipinski definition) is 7. The number of halogens is 6. The van der Waals surface area contributed by atoms with Gasteiger partial charge >= 0.3 is 5.97 Å². The Kier molecular flexibility index (Phi) is 8.34. The van der Waals surface area contributed by atoms with Gasteiger partial charge in [0.05, 0.1) is 5.92 Å². The van der Waals surface area contributed by atoms with E-state index in [2.05, 4.69) is 4.74 Å². The van der Waals surface area contributed by atoms with Gasteiger partial charge < -0.3 is 24.7 Å². The third-order valence-corrected chi connectivity index (χ3v) is 6.46. The van der Waals surface area contributed by atoms with E-state index in [1.165, 1.54) is 30.3 Å². The van der Waals surface area contributed by atoms with Gasteiger partial charge in [-0.15, -0.1) is 0 Å². The summed E-state index contributed by atoms with van der Waals surface area (Å²) in [5.41, 5.74) is 8.00. The first-order valence-electron chi connectivity index (χ1n) is 12.6. The highest BCUT2D eigenvalue weighted by molar-refractivity contribution is 5.74. The van der Waals surface area contributed by atoms with Gasteiger partial charge in [0.15, 0.2) is 12.4 Å². The molecule has 0 radical (unpaired) electrons. The third kappa shape index (κ3) is 5.96. The molecule has 1 aliphatic rings. The number of rotatable bonds is 8. The molecule has 4 aromatic carbocycles. The summed E-state index contributed by atoms with van der Waals surface area (Å²) in [4.78, 5) is 12.3. The number of carbonyl (C=O) groups excluding carboxylic acids is 1. The molecular formula is C31H18F6N2O5. The first-order chi connectivity index (χ1) is 21.1. The molecule has 1 atom stereocenters. The maximum absolute atomic E-state index is 13.8. The fourth-order valence-electron chi connectivity index (χ4n) is 4.35. The third-order valence-electron chi connectivity index (χ3n) is 6.46. The van der Waals surface area contributed by atoms with E-state index in [0.29, 0.717) is 16.9 Å². The summed E-state index contributed by atoms with van der Waals surface area (Å²) in [6.45, 7) is -1.00. The predicted octanol–water partition coefficient (Wildman–Crippen LogP) is 6.30. The molecule has 1 heterocycles. The maximum atomic E-state index is 13.8. The second kappa shape index (κ2) is 12.3. The van der Waals surface area contributed by atoms with E-state index in [1.807, 2.05) is 6.07 Å². The van der Waals surface area contributed by atoms with Crippen molar-refractivity contribution in [3.8, 4) is 29.1 Å². The number of nitriles is 1. The van der Waals surface area contributed by atoms with Crippen molar-refractivity contribution in [2.75, 3.05) is 6.61 Å². The van der Waals surface area contributed by atoms with Crippen molar-refractivity contribution in [1.82, 2.24) is 0 Å². The molecule has 224 valence electrons. The lowest BCUT2D eigenvalue weighted by Crippen LogP contribution is -2.22. The number of hydrogen-bond donors (Lipinski definition) is 1. The van der Waals surface area contributed by atoms with Crippen LogP contribution in [0.3, 0.4) is 0 Å². The lowest BCUT2D eigenvalue weighted by atomic mass is 9.83. The van der Waals surface area contributed by atoms with Gasteiger partial charge in [-0.05, 0) is 41.5 Å². The van der Waals surface area contributed by atoms with Gasteiger partial charge in [-0.25, -0.2) is 22.4 Å². The van der Waals surface area contributed by atoms with E-state index in [4.69, 9.17) is 19.9 Å². The summed E-state index contributed by atoms with van der Waals surface area (Å²) in [5, 5.41) is 9.79. The van der Waals surface area contributed by atoms with Crippen LogP contribution in [0.5, 0.6) is 23.0 Å². The molecule has 4 aromatic rings. The number of benzene rings is 4. The summed E-state index contributed by atoms with van der Waals surface area (Å²) >= 11 is 0. The Hall–Kier alpha value is -5.64. The average Bonchev–Trinajstić information content (AvgIpc) is 3.02. The molecule has 7 nitrogen and oxygen atoms in total. The van der Waals surface area contributed by atoms with Crippen LogP contribution in [-0.4, -0.2) is 12.6 Å². The van der Waals surface area contributed by atoms with Gasteiger partial charge in [0.2, 0.25) is 35.0 Å². The second-order valence-corrected chi connectivity index (χ2v) is 9.27. The smallest absolute Gasteiger partial charge is 0.349 e. The Morgan fingerprint density at radius 2 is 1.43 bits per heavy atom. The van der Waals surface area contributed by atoms with Crippen LogP contribution >= 0.6 is 0 Å². The number of carbonyl (C=O) groups is 1. The summed E-state index contributed by atoms with van der Waals surface area (Å²) in [6.07, 6.45) is 0. The SMILES string of the molecule is N#CC1=C(N)Oc2cc(OC(=O)COc3c(F)c(F)c(F)c(F)c3F)ccc2C1c1ccc(OCc2ccc(F)cc2)cc1. The van der Waals surface area contributed by atoms with Crippen LogP contribution in [0, 0.1) is 46.2 Å². The molecule has 0 saturated heterocycles. The normalized spacial score (nSPS) is 13.9. The minimum Gasteiger partial charge on any atom is -0.489 e. The van der Waals surface area contributed by atoms with Gasteiger partial charge in [-0.2, -0.15) is 14.0 Å². The molecule has 0 fully saturated rings. The minimum atomic E-state index is -2.37. The number of esters is 1. The fourth-order valence-corrected chi connectivity index (χ4v) is 4.35. The van der Waals surface area contributed by atoms with Gasteiger partial charge in [-0.3, -0.25) is 0 Å². The largest absolute Gasteiger partial charge is 0.489 e. The second-order valence-electron chi connectivity index (χ2n) is 9.27. The zero-order valence-corrected chi connectivity index (χ0v) is 22.2. The van der Waals surface area contributed by atoms with Crippen LogP contribution in [0.2, 0.25) is 0 Å². The van der Waals surface area contributed by atoms with Crippen LogP contribution in [0.25, 0.3) is 0 Å². The molecule has 0 aromatic heterocycles. The number of ether oxygens (including phenoxy) is 4. The highest BCUT2D eigenvalue weighted by Gasteiger charge is 2.31. The number of allylic oxidation sites excluding steroid dienone is 1. The molecule has 0 bridgehead atoms. The standard InChI is InChI=1S/C31H18F6N2O5/c32-17-5-1-15(2-6-17)13-41-18-7-3-16(4-8-18)24-20-10-9-19(11-22(20)44-31(39)21(24)12-38)43-23(40)14-42-30-28(36)26(34)25(33)27(35)29(30)37/h1-11,24H,13-14,39H2. The molecule has 44 heavy (non-hydrogen) atoms. The quantitative estimate of drug-likeness (QED) is 0.0819. The maximum Gasteiger partial charge on any atom is 0.349 e. The summed E-state index contributed by atoms with van der Waals surface area (Å²) in [7, 11) is 0. The van der Waals surface area contributed by atoms with Crippen LogP contribution in [0.4, 0.5) is 26.3 Å². The van der Waals surface area contributed by atoms with Gasteiger partial charge in [0.1, 0.15) is 41.3 Å². The minimum absolute atomic E-state index is 0.110. The van der Waals surface area contributed by atoms with E-state index < -0.39 is 53.3 Å². The summed E-state index contributed by atoms with van der Waals surface area (Å²) in [5.74, 6) is -15.0. The molecule has 1 aliphatic heterocycles. The van der Waals surface area contributed by atoms with Crippen molar-refractivity contribution in [1.29, 1.82) is 5.26 Å². The predicted molar refractivity (Wildman–Crippen MR) is 140 cm³/mol. The number of nitrogens with zero attached hydrogens (tertiary/aromatic N) is 1. The first-order valence-corrected chi connectivity index (χ1v) is 12.6. The average molecular weight is 612 g/mol. The van der Waals surface area contributed by atoms with Crippen molar-refractivity contribution in [3.05, 3.63) is 130 Å². The molecule has 2 N–H and O–H groups in total. The zero-order valence-electron chi connectivity index (χ0n) is 22.2. The molecule has 0 amide bonds. The first kappa shape index (κ1) is 29.8. The summed E-state index contributed by atoms with van der Waals surface area (Å²) in [6, 6.07) is 18.8. The molecule has 13 heteroatoms. The van der Waals surface area contributed by atoms with E-state index in [-0.39, 0.29) is 35.4 Å². The molecule has 1 unspecified atom stereocenters. The Labute approximate surface area is 245 Å². The van der Waals surface area contributed by atoms with Crippen molar-refractivity contribution >= 4 is 5.97 Å². The topological polar surface area (TPSA) is 104 Å². The van der Waals surface area contributed by atoms with Crippen LogP contribution in [0.15, 0.2) is 78.2 Å². The van der Waals surface area contributed by atoms with E-state index >= 15 is 0 Å². The van der Waals surface area contributed by atoms with Crippen LogP contribution in [0.1, 0.15) is 22.6 Å². The molecule has 5 rings (SSSR count). The van der Waals surface area contributed by atoms with Crippen LogP contribution in [-0.2, 0) is 11.4 Å². The Balaban J connectivity index is 1.31. The van der Waals surface area contributed by atoms with E-state index in [0.717, 1.165) is 5.56 Å². The van der Waals surface area contributed by atoms with Crippen molar-refractivity contribution in [2.45, 2.75) is 12.5 Å². The Morgan fingerprint density at radius 1 is 0.818 bits per heavy atom. The van der Waals surface area contributed by atoms with Crippen molar-refractivity contribution < 1.29 is 50.1 Å². The molecular weight excluding hydrogens is 594 g/mol. The lowest BCUT2D eigenvalue weighted by Gasteiger charge is -2.26. The highest BCUT2D eigenvalue weighted by Crippen LogP contribution is 2.43. The number of fused-ring (bicyclic) bond motifs is 1. The lowest BCUT2D eigenvalue weighted by molar-refractivity contribution is -0.136. The fraction of sp³-hybridized carbons (Fsp3) is 0.0968. The van der Waals surface area contributed by atoms with Crippen LogP contribution < -0.4 is 24.7 Å². The van der Waals surface area contributed by atoms with Crippen molar-refractivity contribution in [3.63, 3.8) is 0 Å². The Bertz CT molecular complexity index is 1790. The molecule has 0 aliphatic carbocycles.